The van der Waals surface area contributed by atoms with Crippen molar-refractivity contribution in [2.24, 2.45) is 5.92 Å². The van der Waals surface area contributed by atoms with Crippen molar-refractivity contribution >= 4 is 11.9 Å². The Kier molecular flexibility index (Phi) is 7.67. The molecule has 0 bridgehead atoms. The summed E-state index contributed by atoms with van der Waals surface area (Å²) in [4.78, 5) is 23.1. The van der Waals surface area contributed by atoms with Crippen molar-refractivity contribution in [2.45, 2.75) is 64.8 Å². The molecule has 0 radical (unpaired) electrons. The van der Waals surface area contributed by atoms with Gasteiger partial charge in [-0.25, -0.2) is 0 Å². The normalized spacial score (nSPS) is 26.4. The predicted molar refractivity (Wildman–Crippen MR) is 75.5 cm³/mol. The van der Waals surface area contributed by atoms with Crippen LogP contribution < -0.4 is 0 Å². The van der Waals surface area contributed by atoms with Crippen molar-refractivity contribution < 1.29 is 28.5 Å². The first-order chi connectivity index (χ1) is 10.0. The molecule has 1 fully saturated rings. The molecule has 4 atom stereocenters. The van der Waals surface area contributed by atoms with Crippen LogP contribution in [0.4, 0.5) is 0 Å². The van der Waals surface area contributed by atoms with Crippen LogP contribution in [0.15, 0.2) is 0 Å². The van der Waals surface area contributed by atoms with E-state index in [1.54, 1.807) is 0 Å². The second-order valence-corrected chi connectivity index (χ2v) is 5.29. The zero-order valence-corrected chi connectivity index (χ0v) is 13.3. The van der Waals surface area contributed by atoms with Gasteiger partial charge >= 0.3 is 11.9 Å². The zero-order valence-electron chi connectivity index (χ0n) is 13.3. The SMILES string of the molecule is CCC1CC(C(CC(=O)OCOC)OC(C)=O)C(CC)O1. The van der Waals surface area contributed by atoms with Gasteiger partial charge in [-0.1, -0.05) is 13.8 Å². The molecular formula is C15H26O6. The van der Waals surface area contributed by atoms with Gasteiger partial charge in [0.05, 0.1) is 18.6 Å². The highest BCUT2D eigenvalue weighted by atomic mass is 16.7. The summed E-state index contributed by atoms with van der Waals surface area (Å²) in [7, 11) is 1.45. The Morgan fingerprint density at radius 1 is 1.29 bits per heavy atom. The number of carbonyl (C=O) groups is 2. The van der Waals surface area contributed by atoms with Crippen LogP contribution in [0.25, 0.3) is 0 Å². The maximum absolute atomic E-state index is 11.8. The highest BCUT2D eigenvalue weighted by Crippen LogP contribution is 2.35. The van der Waals surface area contributed by atoms with Crippen LogP contribution in [-0.4, -0.2) is 44.2 Å². The lowest BCUT2D eigenvalue weighted by atomic mass is 9.89. The fourth-order valence-electron chi connectivity index (χ4n) is 2.75. The van der Waals surface area contributed by atoms with E-state index < -0.39 is 18.0 Å². The molecule has 0 amide bonds. The first-order valence-corrected chi connectivity index (χ1v) is 7.48. The molecule has 1 saturated heterocycles. The summed E-state index contributed by atoms with van der Waals surface area (Å²) in [5.74, 6) is -0.800. The third-order valence-electron chi connectivity index (χ3n) is 3.74. The van der Waals surface area contributed by atoms with Gasteiger partial charge in [0.2, 0.25) is 0 Å². The molecule has 0 aromatic carbocycles. The minimum absolute atomic E-state index is 0.00882. The lowest BCUT2D eigenvalue weighted by Gasteiger charge is -2.25. The Balaban J connectivity index is 2.71. The van der Waals surface area contributed by atoms with Gasteiger partial charge in [0, 0.05) is 20.0 Å². The fourth-order valence-corrected chi connectivity index (χ4v) is 2.75. The number of carbonyl (C=O) groups excluding carboxylic acids is 2. The monoisotopic (exact) mass is 302 g/mol. The second-order valence-electron chi connectivity index (χ2n) is 5.29. The molecule has 0 aromatic rings. The standard InChI is InChI=1S/C15H26O6/c1-5-11-7-12(13(6-2)21-11)14(20-10(3)16)8-15(17)19-9-18-4/h11-14H,5-9H2,1-4H3. The van der Waals surface area contributed by atoms with Crippen molar-refractivity contribution in [3.63, 3.8) is 0 Å². The molecule has 0 spiro atoms. The molecule has 0 aromatic heterocycles. The lowest BCUT2D eigenvalue weighted by molar-refractivity contribution is -0.163. The highest BCUT2D eigenvalue weighted by Gasteiger charge is 2.40. The van der Waals surface area contributed by atoms with E-state index in [2.05, 4.69) is 6.92 Å². The molecule has 1 heterocycles. The van der Waals surface area contributed by atoms with Gasteiger partial charge in [-0.3, -0.25) is 9.59 Å². The van der Waals surface area contributed by atoms with E-state index >= 15 is 0 Å². The molecule has 1 aliphatic heterocycles. The third kappa shape index (κ3) is 5.63. The van der Waals surface area contributed by atoms with E-state index in [1.807, 2.05) is 6.92 Å². The van der Waals surface area contributed by atoms with Crippen molar-refractivity contribution in [1.29, 1.82) is 0 Å². The zero-order chi connectivity index (χ0) is 15.8. The molecule has 0 N–H and O–H groups in total. The minimum Gasteiger partial charge on any atom is -0.462 e. The van der Waals surface area contributed by atoms with Crippen LogP contribution in [0.1, 0.15) is 46.5 Å². The van der Waals surface area contributed by atoms with Crippen LogP contribution in [0.3, 0.4) is 0 Å². The first-order valence-electron chi connectivity index (χ1n) is 7.48. The average molecular weight is 302 g/mol. The summed E-state index contributed by atoms with van der Waals surface area (Å²) < 4.78 is 20.9. The molecule has 6 nitrogen and oxygen atoms in total. The Morgan fingerprint density at radius 2 is 2.00 bits per heavy atom. The molecule has 6 heteroatoms. The smallest absolute Gasteiger partial charge is 0.311 e. The maximum Gasteiger partial charge on any atom is 0.311 e. The number of methoxy groups -OCH3 is 1. The van der Waals surface area contributed by atoms with E-state index in [9.17, 15) is 9.59 Å². The molecule has 1 aliphatic rings. The fraction of sp³-hybridized carbons (Fsp3) is 0.867. The Hall–Kier alpha value is -1.14. The summed E-state index contributed by atoms with van der Waals surface area (Å²) in [5.41, 5.74) is 0. The predicted octanol–water partition coefficient (Wildman–Crippen LogP) is 2.05. The van der Waals surface area contributed by atoms with Gasteiger partial charge in [0.1, 0.15) is 6.10 Å². The lowest BCUT2D eigenvalue weighted by Crippen LogP contribution is -2.34. The Bertz CT molecular complexity index is 343. The summed E-state index contributed by atoms with van der Waals surface area (Å²) in [6.45, 7) is 5.35. The molecular weight excluding hydrogens is 276 g/mol. The number of hydrogen-bond acceptors (Lipinski definition) is 6. The number of ether oxygens (including phenoxy) is 4. The molecule has 122 valence electrons. The van der Waals surface area contributed by atoms with Crippen molar-refractivity contribution in [2.75, 3.05) is 13.9 Å². The molecule has 0 aliphatic carbocycles. The second kappa shape index (κ2) is 9.00. The Labute approximate surface area is 126 Å². The van der Waals surface area contributed by atoms with E-state index in [0.29, 0.717) is 0 Å². The number of hydrogen-bond donors (Lipinski definition) is 0. The van der Waals surface area contributed by atoms with E-state index in [0.717, 1.165) is 19.3 Å². The van der Waals surface area contributed by atoms with E-state index in [1.165, 1.54) is 14.0 Å². The topological polar surface area (TPSA) is 71.1 Å². The van der Waals surface area contributed by atoms with Crippen LogP contribution in [-0.2, 0) is 28.5 Å². The molecule has 21 heavy (non-hydrogen) atoms. The number of rotatable bonds is 8. The number of esters is 2. The first kappa shape index (κ1) is 17.9. The summed E-state index contributed by atoms with van der Waals surface area (Å²) in [6, 6.07) is 0. The van der Waals surface area contributed by atoms with Crippen molar-refractivity contribution in [3.8, 4) is 0 Å². The summed E-state index contributed by atoms with van der Waals surface area (Å²) in [6.07, 6.45) is 2.23. The van der Waals surface area contributed by atoms with Crippen LogP contribution in [0.2, 0.25) is 0 Å². The van der Waals surface area contributed by atoms with Crippen LogP contribution in [0.5, 0.6) is 0 Å². The van der Waals surface area contributed by atoms with Gasteiger partial charge < -0.3 is 18.9 Å². The van der Waals surface area contributed by atoms with Gasteiger partial charge in [0.25, 0.3) is 0 Å². The average Bonchev–Trinajstić information content (AvgIpc) is 2.87. The third-order valence-corrected chi connectivity index (χ3v) is 3.74. The highest BCUT2D eigenvalue weighted by molar-refractivity contribution is 5.71. The van der Waals surface area contributed by atoms with Gasteiger partial charge in [-0.2, -0.15) is 0 Å². The van der Waals surface area contributed by atoms with Crippen LogP contribution in [0, 0.1) is 5.92 Å². The minimum atomic E-state index is -0.506. The van der Waals surface area contributed by atoms with E-state index in [4.69, 9.17) is 18.9 Å². The van der Waals surface area contributed by atoms with Gasteiger partial charge in [-0.05, 0) is 19.3 Å². The molecule has 1 rings (SSSR count). The summed E-state index contributed by atoms with van der Waals surface area (Å²) >= 11 is 0. The van der Waals surface area contributed by atoms with Crippen LogP contribution >= 0.6 is 0 Å². The van der Waals surface area contributed by atoms with Crippen molar-refractivity contribution in [3.05, 3.63) is 0 Å². The van der Waals surface area contributed by atoms with Gasteiger partial charge in [-0.15, -0.1) is 0 Å². The van der Waals surface area contributed by atoms with Crippen molar-refractivity contribution in [1.82, 2.24) is 0 Å². The summed E-state index contributed by atoms with van der Waals surface area (Å²) in [5, 5.41) is 0. The Morgan fingerprint density at radius 3 is 2.52 bits per heavy atom. The van der Waals surface area contributed by atoms with E-state index in [-0.39, 0.29) is 31.3 Å². The molecule has 4 unspecified atom stereocenters. The quantitative estimate of drug-likeness (QED) is 0.505. The molecule has 0 saturated carbocycles. The largest absolute Gasteiger partial charge is 0.462 e. The maximum atomic E-state index is 11.8. The van der Waals surface area contributed by atoms with Gasteiger partial charge in [0.15, 0.2) is 6.79 Å².